The maximum absolute atomic E-state index is 6.05. The molecular weight excluding hydrogens is 1680 g/mol. The lowest BCUT2D eigenvalue weighted by molar-refractivity contribution is 0.103. The number of hydrogen-bond donors (Lipinski definition) is 12. The summed E-state index contributed by atoms with van der Waals surface area (Å²) < 4.78 is 17.9. The fourth-order valence-corrected chi connectivity index (χ4v) is 15.0. The van der Waals surface area contributed by atoms with Crippen LogP contribution < -0.4 is 83.0 Å². The first kappa shape index (κ1) is 88.2. The lowest BCUT2D eigenvalue weighted by atomic mass is 9.85. The molecule has 128 heavy (non-hydrogen) atoms. The fourth-order valence-electron chi connectivity index (χ4n) is 14.6. The van der Waals surface area contributed by atoms with Gasteiger partial charge in [0.15, 0.2) is 46.1 Å². The second-order valence-corrected chi connectivity index (χ2v) is 31.7. The number of aromatic nitrogens is 18. The van der Waals surface area contributed by atoms with Crippen LogP contribution >= 0.6 is 34.8 Å². The minimum atomic E-state index is -0.786. The van der Waals surface area contributed by atoms with E-state index >= 15 is 0 Å². The van der Waals surface area contributed by atoms with Gasteiger partial charge in [0.25, 0.3) is 0 Å². The maximum Gasteiger partial charge on any atom is 0.242 e. The van der Waals surface area contributed by atoms with Crippen molar-refractivity contribution in [3.63, 3.8) is 0 Å². The smallest absolute Gasteiger partial charge is 0.242 e. The number of anilines is 12. The molecular formula is C92H87Cl3N30O3. The Balaban J connectivity index is 0.000000124. The number of halogens is 3. The van der Waals surface area contributed by atoms with Crippen LogP contribution in [0.4, 0.5) is 70.6 Å². The first-order chi connectivity index (χ1) is 61.4. The number of nitrogens with zero attached hydrogens (tertiary/aromatic N) is 18. The molecule has 11 aromatic carbocycles. The van der Waals surface area contributed by atoms with Crippen molar-refractivity contribution in [1.29, 1.82) is 0 Å². The summed E-state index contributed by atoms with van der Waals surface area (Å²) in [4.78, 5) is 23.9. The van der Waals surface area contributed by atoms with Crippen LogP contribution in [-0.4, -0.2) is 91.1 Å². The molecule has 1 aliphatic heterocycles. The maximum atomic E-state index is 6.05. The van der Waals surface area contributed by atoms with Crippen molar-refractivity contribution in [2.75, 3.05) is 68.8 Å². The molecule has 1 unspecified atom stereocenters. The molecule has 0 radical (unpaired) electrons. The average molecular weight is 1770 g/mol. The summed E-state index contributed by atoms with van der Waals surface area (Å²) in [5, 5.41) is 54.0. The molecule has 0 amide bonds. The molecule has 644 valence electrons. The third-order valence-electron chi connectivity index (χ3n) is 20.6. The standard InChI is InChI=1S/C16H13Cl2N5.C16H13N5O.C16H17N5O.C16H13N5.C16H17N5.C12H14ClN5O/c17-11-5-1-9(2-6-11)13(10-3-7-12(18)8-4-10)14-15(19)21-16(20)23-22-14;17-15-14(20-21-16(18)19-15)13-9-5-1-3-7-11(9)22-12-8-4-2-6-10(12)13;1-16(2,13-14(17)19-15(18)21-20-13)22-12-8-7-10-5-3-4-6-11(10)9-12;17-15-14(20-21-16(18)19-15)13-11-7-3-1-5-9(11)10-6-2-4-8-12(10)13;1-9-3-4-13-8-11(5-6-12(13)7-9)10(2)14-15(17)19-16(18)21-20-14;1-12(2,9-10(14)16-11(15)18-17-9)19-8-5-3-7(13)4-6-8/h1-8,13H,(H4,19,20,21,23);1-8,13H,(H4,17,18,19,21);3-9H,1-2H3,(H4,17,18,19,21);1-8,13H,(H4,17,18,19,21);3-8,10H,1-2H3,(H4,17,18,19,21);3-6H,1-2H3,(H4,14,15,16,18). The molecule has 6 aromatic heterocycles. The summed E-state index contributed by atoms with van der Waals surface area (Å²) in [7, 11) is 0. The zero-order valence-electron chi connectivity index (χ0n) is 69.8. The summed E-state index contributed by atoms with van der Waals surface area (Å²) >= 11 is 17.8. The third-order valence-corrected chi connectivity index (χ3v) is 21.3. The van der Waals surface area contributed by atoms with Crippen LogP contribution in [0.2, 0.25) is 15.1 Å². The monoisotopic (exact) mass is 1760 g/mol. The first-order valence-corrected chi connectivity index (χ1v) is 40.8. The highest BCUT2D eigenvalue weighted by Crippen LogP contribution is 2.50. The Labute approximate surface area is 749 Å². The summed E-state index contributed by atoms with van der Waals surface area (Å²) in [6, 6.07) is 80.8. The predicted molar refractivity (Wildman–Crippen MR) is 501 cm³/mol. The summed E-state index contributed by atoms with van der Waals surface area (Å²) in [5.41, 5.74) is 81.4. The van der Waals surface area contributed by atoms with Crippen molar-refractivity contribution < 1.29 is 14.2 Å². The van der Waals surface area contributed by atoms with Crippen LogP contribution in [0.25, 0.3) is 32.7 Å². The minimum absolute atomic E-state index is 0.0105. The molecule has 1 atom stereocenters. The van der Waals surface area contributed by atoms with Crippen LogP contribution in [0.15, 0.2) is 249 Å². The summed E-state index contributed by atoms with van der Waals surface area (Å²) in [6.07, 6.45) is 0. The van der Waals surface area contributed by atoms with Gasteiger partial charge in [-0.1, -0.05) is 223 Å². The Hall–Kier alpha value is -16.1. The molecule has 0 fully saturated rings. The summed E-state index contributed by atoms with van der Waals surface area (Å²) in [6.45, 7) is 11.5. The predicted octanol–water partition coefficient (Wildman–Crippen LogP) is 15.2. The number of fused-ring (bicyclic) bond motifs is 7. The van der Waals surface area contributed by atoms with E-state index in [0.717, 1.165) is 55.8 Å². The molecule has 7 heterocycles. The normalized spacial score (nSPS) is 12.0. The van der Waals surface area contributed by atoms with Gasteiger partial charge in [0.2, 0.25) is 35.7 Å². The number of ether oxygens (including phenoxy) is 3. The second kappa shape index (κ2) is 38.3. The first-order valence-electron chi connectivity index (χ1n) is 39.6. The van der Waals surface area contributed by atoms with Crippen LogP contribution in [0.3, 0.4) is 0 Å². The second-order valence-electron chi connectivity index (χ2n) is 30.3. The van der Waals surface area contributed by atoms with E-state index in [0.29, 0.717) is 66.6 Å². The molecule has 2 aliphatic rings. The molecule has 36 heteroatoms. The highest BCUT2D eigenvalue weighted by atomic mass is 35.5. The van der Waals surface area contributed by atoms with E-state index in [1.165, 1.54) is 38.6 Å². The lowest BCUT2D eigenvalue weighted by Crippen LogP contribution is -2.29. The van der Waals surface area contributed by atoms with Crippen molar-refractivity contribution in [1.82, 2.24) is 91.1 Å². The number of para-hydroxylation sites is 2. The number of hydrogen-bond acceptors (Lipinski definition) is 33. The van der Waals surface area contributed by atoms with Gasteiger partial charge in [-0.15, -0.1) is 61.2 Å². The number of nitrogen functional groups attached to an aromatic ring is 12. The van der Waals surface area contributed by atoms with E-state index in [4.69, 9.17) is 118 Å². The SMILES string of the molecule is CC(C)(Oc1ccc(Cl)cc1)c1nnc(N)nc1N.CC(C)(Oc1ccc2ccccc2c1)c1nnc(N)nc1N.Cc1ccc2cc(C(C)c3nnc(N)nc3N)ccc2c1.Nc1nnc(C(c2ccc(Cl)cc2)c2ccc(Cl)cc2)c(N)n1.Nc1nnc(C2c3ccccc3-c3ccccc32)c(N)n1.Nc1nnc(C2c3ccccc3Oc3ccccc32)c(N)n1. The van der Waals surface area contributed by atoms with Gasteiger partial charge in [0.05, 0.1) is 17.8 Å². The summed E-state index contributed by atoms with van der Waals surface area (Å²) in [5.74, 6) is 4.45. The molecule has 33 nitrogen and oxygen atoms in total. The van der Waals surface area contributed by atoms with Crippen molar-refractivity contribution in [2.45, 2.75) is 76.4 Å². The lowest BCUT2D eigenvalue weighted by Gasteiger charge is -2.27. The van der Waals surface area contributed by atoms with Crippen LogP contribution in [0.1, 0.15) is 137 Å². The highest BCUT2D eigenvalue weighted by molar-refractivity contribution is 6.31. The molecule has 1 aliphatic carbocycles. The van der Waals surface area contributed by atoms with E-state index in [2.05, 4.69) is 165 Å². The topological polar surface area (TPSA) is 572 Å². The van der Waals surface area contributed by atoms with E-state index in [1.807, 2.05) is 192 Å². The zero-order valence-corrected chi connectivity index (χ0v) is 72.1. The fraction of sp³-hybridized carbons (Fsp3) is 0.130. The van der Waals surface area contributed by atoms with E-state index in [1.54, 1.807) is 24.3 Å². The van der Waals surface area contributed by atoms with Gasteiger partial charge in [-0.3, -0.25) is 0 Å². The zero-order chi connectivity index (χ0) is 90.7. The van der Waals surface area contributed by atoms with Crippen molar-refractivity contribution in [3.8, 4) is 34.1 Å². The van der Waals surface area contributed by atoms with Crippen LogP contribution in [0, 0.1) is 6.92 Å². The van der Waals surface area contributed by atoms with Gasteiger partial charge < -0.3 is 83.0 Å². The van der Waals surface area contributed by atoms with Crippen LogP contribution in [0.5, 0.6) is 23.0 Å². The van der Waals surface area contributed by atoms with Gasteiger partial charge in [0, 0.05) is 32.1 Å². The van der Waals surface area contributed by atoms with E-state index in [9.17, 15) is 0 Å². The van der Waals surface area contributed by atoms with Crippen LogP contribution in [-0.2, 0) is 11.2 Å². The molecule has 24 N–H and O–H groups in total. The quantitative estimate of drug-likeness (QED) is 0.0510. The Morgan fingerprint density at radius 2 is 0.656 bits per heavy atom. The van der Waals surface area contributed by atoms with Gasteiger partial charge in [-0.25, -0.2) is 0 Å². The number of aryl methyl sites for hydroxylation is 1. The molecule has 0 spiro atoms. The molecule has 17 aromatic rings. The number of benzene rings is 11. The third kappa shape index (κ3) is 20.5. The number of nitrogens with two attached hydrogens (primary N) is 12. The van der Waals surface area contributed by atoms with Crippen molar-refractivity contribution in [3.05, 3.63) is 342 Å². The molecule has 0 saturated heterocycles. The molecule has 0 saturated carbocycles. The minimum Gasteiger partial charge on any atom is -0.481 e. The number of rotatable bonds is 13. The van der Waals surface area contributed by atoms with Gasteiger partial charge in [-0.2, -0.15) is 29.9 Å². The Kier molecular flexibility index (Phi) is 26.4. The Morgan fingerprint density at radius 1 is 0.312 bits per heavy atom. The Bertz CT molecular complexity index is 6730. The van der Waals surface area contributed by atoms with E-state index in [-0.39, 0.29) is 82.6 Å². The van der Waals surface area contributed by atoms with Crippen molar-refractivity contribution >= 4 is 127 Å². The average Bonchev–Trinajstić information content (AvgIpc) is 1.49. The van der Waals surface area contributed by atoms with Gasteiger partial charge >= 0.3 is 0 Å². The van der Waals surface area contributed by atoms with Crippen molar-refractivity contribution in [2.24, 2.45) is 0 Å². The Morgan fingerprint density at radius 3 is 1.12 bits per heavy atom. The van der Waals surface area contributed by atoms with Gasteiger partial charge in [0.1, 0.15) is 57.2 Å². The highest BCUT2D eigenvalue weighted by Gasteiger charge is 2.36. The molecule has 0 bridgehead atoms. The largest absolute Gasteiger partial charge is 0.481 e. The van der Waals surface area contributed by atoms with Gasteiger partial charge in [-0.05, 0) is 168 Å². The van der Waals surface area contributed by atoms with E-state index < -0.39 is 11.2 Å². The molecule has 19 rings (SSSR count).